The molecule has 0 saturated carbocycles. The van der Waals surface area contributed by atoms with Crippen LogP contribution in [-0.4, -0.2) is 22.5 Å². The first-order chi connectivity index (χ1) is 7.72. The van der Waals surface area contributed by atoms with Gasteiger partial charge in [0.25, 0.3) is 0 Å². The molecule has 0 bridgehead atoms. The molecule has 2 heterocycles. The number of hydrogen-bond acceptors (Lipinski definition) is 5. The summed E-state index contributed by atoms with van der Waals surface area (Å²) in [5.41, 5.74) is 6.64. The highest BCUT2D eigenvalue weighted by Gasteiger charge is 2.14. The predicted molar refractivity (Wildman–Crippen MR) is 59.9 cm³/mol. The molecule has 0 amide bonds. The van der Waals surface area contributed by atoms with E-state index in [1.165, 1.54) is 0 Å². The van der Waals surface area contributed by atoms with E-state index >= 15 is 0 Å². The van der Waals surface area contributed by atoms with Crippen molar-refractivity contribution in [1.82, 2.24) is 9.97 Å². The maximum Gasteiger partial charge on any atom is 0.359 e. The first-order valence-corrected chi connectivity index (χ1v) is 4.90. The maximum absolute atomic E-state index is 11.5. The number of nitrogens with two attached hydrogens (primary N) is 1. The number of pyridine rings is 2. The number of carbonyl (C=O) groups is 1. The van der Waals surface area contributed by atoms with E-state index in [-0.39, 0.29) is 5.69 Å². The molecule has 16 heavy (non-hydrogen) atoms. The molecule has 2 aromatic heterocycles. The molecule has 0 aliphatic carbocycles. The fourth-order valence-corrected chi connectivity index (χ4v) is 1.38. The number of rotatable bonds is 2. The molecule has 0 atom stereocenters. The largest absolute Gasteiger partial charge is 0.461 e. The van der Waals surface area contributed by atoms with Gasteiger partial charge in [0, 0.05) is 11.6 Å². The summed E-state index contributed by atoms with van der Waals surface area (Å²) in [6.07, 6.45) is 1.61. The van der Waals surface area contributed by atoms with Gasteiger partial charge in [-0.1, -0.05) is 0 Å². The van der Waals surface area contributed by atoms with Gasteiger partial charge in [-0.05, 0) is 25.1 Å². The van der Waals surface area contributed by atoms with Crippen molar-refractivity contribution in [2.45, 2.75) is 6.92 Å². The Balaban J connectivity index is 2.54. The Morgan fingerprint density at radius 3 is 3.12 bits per heavy atom. The second kappa shape index (κ2) is 4.14. The van der Waals surface area contributed by atoms with Gasteiger partial charge in [-0.2, -0.15) is 0 Å². The van der Waals surface area contributed by atoms with Gasteiger partial charge in [-0.3, -0.25) is 0 Å². The fourth-order valence-electron chi connectivity index (χ4n) is 1.38. The van der Waals surface area contributed by atoms with E-state index in [2.05, 4.69) is 9.97 Å². The summed E-state index contributed by atoms with van der Waals surface area (Å²) >= 11 is 0. The molecule has 0 aromatic carbocycles. The maximum atomic E-state index is 11.5. The summed E-state index contributed by atoms with van der Waals surface area (Å²) in [7, 11) is 0. The van der Waals surface area contributed by atoms with Gasteiger partial charge in [0.1, 0.15) is 0 Å². The van der Waals surface area contributed by atoms with Gasteiger partial charge < -0.3 is 10.5 Å². The second-order valence-corrected chi connectivity index (χ2v) is 3.20. The molecular formula is C11H11N3O2. The lowest BCUT2D eigenvalue weighted by molar-refractivity contribution is 0.0521. The fraction of sp³-hybridized carbons (Fsp3) is 0.182. The highest BCUT2D eigenvalue weighted by atomic mass is 16.5. The van der Waals surface area contributed by atoms with Crippen molar-refractivity contribution in [3.63, 3.8) is 0 Å². The van der Waals surface area contributed by atoms with Crippen LogP contribution in [0.2, 0.25) is 0 Å². The van der Waals surface area contributed by atoms with Crippen molar-refractivity contribution >= 4 is 22.7 Å². The standard InChI is InChI=1S/C11H11N3O2/c1-2-16-11(15)9-8(12)6-7-4-3-5-13-10(7)14-9/h3-6H,2,12H2,1H3. The lowest BCUT2D eigenvalue weighted by Gasteiger charge is -2.05. The summed E-state index contributed by atoms with van der Waals surface area (Å²) in [6.45, 7) is 2.02. The zero-order valence-electron chi connectivity index (χ0n) is 8.80. The number of nitrogen functional groups attached to an aromatic ring is 1. The van der Waals surface area contributed by atoms with Gasteiger partial charge in [0.15, 0.2) is 11.3 Å². The number of anilines is 1. The molecule has 0 spiro atoms. The van der Waals surface area contributed by atoms with E-state index in [1.807, 2.05) is 6.07 Å². The summed E-state index contributed by atoms with van der Waals surface area (Å²) in [6, 6.07) is 5.29. The zero-order chi connectivity index (χ0) is 11.5. The molecule has 5 nitrogen and oxygen atoms in total. The van der Waals surface area contributed by atoms with Crippen LogP contribution in [0.5, 0.6) is 0 Å². The van der Waals surface area contributed by atoms with Crippen LogP contribution in [0.3, 0.4) is 0 Å². The Morgan fingerprint density at radius 2 is 2.38 bits per heavy atom. The minimum Gasteiger partial charge on any atom is -0.461 e. The van der Waals surface area contributed by atoms with Crippen LogP contribution in [0, 0.1) is 0 Å². The van der Waals surface area contributed by atoms with E-state index < -0.39 is 5.97 Å². The first kappa shape index (κ1) is 10.4. The number of carbonyl (C=O) groups excluding carboxylic acids is 1. The highest BCUT2D eigenvalue weighted by Crippen LogP contribution is 2.17. The number of hydrogen-bond donors (Lipinski definition) is 1. The van der Waals surface area contributed by atoms with Crippen molar-refractivity contribution in [3.8, 4) is 0 Å². The van der Waals surface area contributed by atoms with Crippen LogP contribution in [-0.2, 0) is 4.74 Å². The molecule has 2 rings (SSSR count). The molecule has 0 fully saturated rings. The van der Waals surface area contributed by atoms with Gasteiger partial charge >= 0.3 is 5.97 Å². The first-order valence-electron chi connectivity index (χ1n) is 4.90. The molecule has 0 unspecified atom stereocenters. The normalized spacial score (nSPS) is 10.3. The lowest BCUT2D eigenvalue weighted by atomic mass is 10.2. The van der Waals surface area contributed by atoms with Crippen LogP contribution in [0.1, 0.15) is 17.4 Å². The quantitative estimate of drug-likeness (QED) is 0.769. The molecular weight excluding hydrogens is 206 g/mol. The summed E-state index contributed by atoms with van der Waals surface area (Å²) in [5.74, 6) is -0.521. The van der Waals surface area contributed by atoms with Crippen LogP contribution in [0.4, 0.5) is 5.69 Å². The van der Waals surface area contributed by atoms with Crippen molar-refractivity contribution in [1.29, 1.82) is 0 Å². The van der Waals surface area contributed by atoms with Crippen LogP contribution < -0.4 is 5.73 Å². The molecule has 0 radical (unpaired) electrons. The van der Waals surface area contributed by atoms with Crippen molar-refractivity contribution in [2.75, 3.05) is 12.3 Å². The van der Waals surface area contributed by atoms with Crippen LogP contribution in [0.15, 0.2) is 24.4 Å². The molecule has 82 valence electrons. The highest BCUT2D eigenvalue weighted by molar-refractivity contribution is 5.96. The summed E-state index contributed by atoms with van der Waals surface area (Å²) < 4.78 is 4.85. The van der Waals surface area contributed by atoms with Gasteiger partial charge in [0.2, 0.25) is 0 Å². The topological polar surface area (TPSA) is 78.1 Å². The Kier molecular flexibility index (Phi) is 2.68. The lowest BCUT2D eigenvalue weighted by Crippen LogP contribution is -2.10. The summed E-state index contributed by atoms with van der Waals surface area (Å²) in [5, 5.41) is 0.799. The Morgan fingerprint density at radius 1 is 1.56 bits per heavy atom. The van der Waals surface area contributed by atoms with Gasteiger partial charge in [-0.15, -0.1) is 0 Å². The molecule has 0 saturated heterocycles. The predicted octanol–water partition coefficient (Wildman–Crippen LogP) is 1.39. The number of nitrogens with zero attached hydrogens (tertiary/aromatic N) is 2. The smallest absolute Gasteiger partial charge is 0.359 e. The van der Waals surface area contributed by atoms with Crippen molar-refractivity contribution < 1.29 is 9.53 Å². The van der Waals surface area contributed by atoms with E-state index in [9.17, 15) is 4.79 Å². The van der Waals surface area contributed by atoms with Gasteiger partial charge in [-0.25, -0.2) is 14.8 Å². The number of fused-ring (bicyclic) bond motifs is 1. The van der Waals surface area contributed by atoms with Crippen LogP contribution >= 0.6 is 0 Å². The average molecular weight is 217 g/mol. The summed E-state index contributed by atoms with van der Waals surface area (Å²) in [4.78, 5) is 19.7. The SMILES string of the molecule is CCOC(=O)c1nc2ncccc2cc1N. The molecule has 2 aromatic rings. The average Bonchev–Trinajstić information content (AvgIpc) is 2.28. The zero-order valence-corrected chi connectivity index (χ0v) is 8.80. The number of ether oxygens (including phenoxy) is 1. The Hall–Kier alpha value is -2.17. The Labute approximate surface area is 92.3 Å². The second-order valence-electron chi connectivity index (χ2n) is 3.20. The van der Waals surface area contributed by atoms with E-state index in [0.717, 1.165) is 5.39 Å². The minimum atomic E-state index is -0.521. The van der Waals surface area contributed by atoms with Crippen LogP contribution in [0.25, 0.3) is 11.0 Å². The number of esters is 1. The van der Waals surface area contributed by atoms with E-state index in [4.69, 9.17) is 10.5 Å². The monoisotopic (exact) mass is 217 g/mol. The third-order valence-corrected chi connectivity index (χ3v) is 2.09. The molecule has 5 heteroatoms. The molecule has 0 aliphatic rings. The minimum absolute atomic E-state index is 0.119. The van der Waals surface area contributed by atoms with Gasteiger partial charge in [0.05, 0.1) is 12.3 Å². The molecule has 0 aliphatic heterocycles. The van der Waals surface area contributed by atoms with E-state index in [0.29, 0.717) is 17.9 Å². The van der Waals surface area contributed by atoms with Crippen molar-refractivity contribution in [3.05, 3.63) is 30.1 Å². The van der Waals surface area contributed by atoms with Crippen molar-refractivity contribution in [2.24, 2.45) is 0 Å². The van der Waals surface area contributed by atoms with E-state index in [1.54, 1.807) is 25.3 Å². The Bertz CT molecular complexity index is 540. The number of aromatic nitrogens is 2. The third-order valence-electron chi connectivity index (χ3n) is 2.09. The third kappa shape index (κ3) is 1.79. The molecule has 2 N–H and O–H groups in total.